The lowest BCUT2D eigenvalue weighted by Crippen LogP contribution is -2.42. The fraction of sp³-hybridized carbons (Fsp3) is 0.353. The van der Waals surface area contributed by atoms with E-state index in [1.807, 2.05) is 13.3 Å². The normalized spacial score (nSPS) is 15.3. The number of alkyl halides is 3. The Morgan fingerprint density at radius 3 is 2.67 bits per heavy atom. The number of aromatic amines is 1. The molecule has 0 bridgehead atoms. The van der Waals surface area contributed by atoms with Gasteiger partial charge in [-0.25, -0.2) is 9.38 Å². The van der Waals surface area contributed by atoms with Gasteiger partial charge in [-0.15, -0.1) is 0 Å². The van der Waals surface area contributed by atoms with Gasteiger partial charge in [0.25, 0.3) is 0 Å². The van der Waals surface area contributed by atoms with Crippen molar-refractivity contribution in [3.8, 4) is 0 Å². The first-order valence-electron chi connectivity index (χ1n) is 8.17. The van der Waals surface area contributed by atoms with Crippen molar-refractivity contribution < 1.29 is 22.7 Å². The predicted octanol–water partition coefficient (Wildman–Crippen LogP) is 2.49. The van der Waals surface area contributed by atoms with Crippen LogP contribution in [0.25, 0.3) is 16.6 Å². The summed E-state index contributed by atoms with van der Waals surface area (Å²) in [4.78, 5) is 6.84. The van der Waals surface area contributed by atoms with E-state index in [1.54, 1.807) is 0 Å². The zero-order valence-electron chi connectivity index (χ0n) is 14.7. The zero-order valence-corrected chi connectivity index (χ0v) is 15.6. The second kappa shape index (κ2) is 7.48. The van der Waals surface area contributed by atoms with Crippen LogP contribution in [0.3, 0.4) is 0 Å². The number of benzene rings is 1. The Bertz CT molecular complexity index is 918. The lowest BCUT2D eigenvalue weighted by molar-refractivity contribution is -0.0918. The van der Waals surface area contributed by atoms with Gasteiger partial charge < -0.3 is 20.7 Å². The number of nitrogens with zero attached hydrogens (tertiary/aromatic N) is 1. The van der Waals surface area contributed by atoms with Crippen molar-refractivity contribution in [3.63, 3.8) is 0 Å². The number of aromatic nitrogens is 1. The summed E-state index contributed by atoms with van der Waals surface area (Å²) < 4.78 is 54.8. The van der Waals surface area contributed by atoms with Crippen LogP contribution in [0.2, 0.25) is 0 Å². The molecule has 146 valence electrons. The zero-order chi connectivity index (χ0) is 19.8. The number of hydrogen-bond donors (Lipinski definition) is 4. The van der Waals surface area contributed by atoms with Crippen LogP contribution in [0.4, 0.5) is 17.6 Å². The monoisotopic (exact) mass is 402 g/mol. The molecule has 0 saturated heterocycles. The first-order chi connectivity index (χ1) is 12.7. The largest absolute Gasteiger partial charge is 0.416 e. The van der Waals surface area contributed by atoms with Gasteiger partial charge in [-0.3, -0.25) is 0 Å². The maximum atomic E-state index is 14.1. The van der Waals surface area contributed by atoms with E-state index in [-0.39, 0.29) is 30.4 Å². The summed E-state index contributed by atoms with van der Waals surface area (Å²) in [5.41, 5.74) is -0.143. The van der Waals surface area contributed by atoms with Crippen molar-refractivity contribution in [3.05, 3.63) is 35.3 Å². The number of rotatable bonds is 4. The van der Waals surface area contributed by atoms with Crippen LogP contribution in [0.1, 0.15) is 5.56 Å². The molecule has 0 unspecified atom stereocenters. The van der Waals surface area contributed by atoms with E-state index < -0.39 is 32.0 Å². The highest BCUT2D eigenvalue weighted by Crippen LogP contribution is 2.37. The number of hydrogen-bond acceptors (Lipinski definition) is 4. The van der Waals surface area contributed by atoms with Crippen LogP contribution in [0.15, 0.2) is 28.9 Å². The van der Waals surface area contributed by atoms with Gasteiger partial charge in [-0.2, -0.15) is 13.2 Å². The third-order valence-corrected chi connectivity index (χ3v) is 5.49. The molecule has 1 aliphatic heterocycles. The molecule has 1 aromatic heterocycles. The average Bonchev–Trinajstić information content (AvgIpc) is 3.01. The molecule has 3 rings (SSSR count). The van der Waals surface area contributed by atoms with E-state index in [2.05, 4.69) is 20.6 Å². The third kappa shape index (κ3) is 3.94. The fourth-order valence-corrected chi connectivity index (χ4v) is 3.96. The van der Waals surface area contributed by atoms with Crippen molar-refractivity contribution in [1.29, 1.82) is 0 Å². The topological polar surface area (TPSA) is 72.4 Å². The molecular weight excluding hydrogens is 383 g/mol. The minimum atomic E-state index is -4.59. The molecule has 0 fully saturated rings. The maximum absolute atomic E-state index is 14.1. The van der Waals surface area contributed by atoms with Crippen molar-refractivity contribution in [2.45, 2.75) is 6.18 Å². The second-order valence-corrected chi connectivity index (χ2v) is 8.51. The average molecular weight is 402 g/mol. The van der Waals surface area contributed by atoms with Crippen LogP contribution < -0.4 is 15.9 Å². The lowest BCUT2D eigenvalue weighted by atomic mass is 10.0. The SMILES string of the molecule is CP(C)c1cc(F)cc2c(C3=C(C(F)(F)F)CN=C(NCCO)N3)c[nH]c12. The molecule has 0 atom stereocenters. The summed E-state index contributed by atoms with van der Waals surface area (Å²) in [7, 11) is -0.660. The first kappa shape index (κ1) is 19.6. The Hall–Kier alpha value is -2.12. The fourth-order valence-electron chi connectivity index (χ4n) is 2.94. The van der Waals surface area contributed by atoms with Crippen LogP contribution in [0, 0.1) is 5.82 Å². The Morgan fingerprint density at radius 1 is 1.30 bits per heavy atom. The molecule has 4 N–H and O–H groups in total. The molecule has 2 aromatic rings. The molecule has 27 heavy (non-hydrogen) atoms. The maximum Gasteiger partial charge on any atom is 0.416 e. The molecule has 0 spiro atoms. The van der Waals surface area contributed by atoms with E-state index >= 15 is 0 Å². The molecule has 1 aliphatic rings. The van der Waals surface area contributed by atoms with E-state index in [9.17, 15) is 17.6 Å². The van der Waals surface area contributed by atoms with Crippen molar-refractivity contribution in [1.82, 2.24) is 15.6 Å². The van der Waals surface area contributed by atoms with E-state index in [0.29, 0.717) is 10.9 Å². The van der Waals surface area contributed by atoms with Gasteiger partial charge in [0.1, 0.15) is 5.82 Å². The summed E-state index contributed by atoms with van der Waals surface area (Å²) in [5.74, 6) is -0.363. The van der Waals surface area contributed by atoms with Crippen LogP contribution in [-0.2, 0) is 0 Å². The summed E-state index contributed by atoms with van der Waals surface area (Å²) in [6.45, 7) is 3.29. The summed E-state index contributed by atoms with van der Waals surface area (Å²) >= 11 is 0. The number of halogens is 4. The molecule has 1 aromatic carbocycles. The summed E-state index contributed by atoms with van der Waals surface area (Å²) in [5, 5.41) is 15.4. The summed E-state index contributed by atoms with van der Waals surface area (Å²) in [6, 6.07) is 2.65. The van der Waals surface area contributed by atoms with Crippen molar-refractivity contribution >= 4 is 35.8 Å². The molecule has 2 heterocycles. The van der Waals surface area contributed by atoms with E-state index in [4.69, 9.17) is 5.11 Å². The predicted molar refractivity (Wildman–Crippen MR) is 100 cm³/mol. The molecule has 0 saturated carbocycles. The van der Waals surface area contributed by atoms with Gasteiger partial charge in [-0.1, -0.05) is 7.92 Å². The molecular formula is C17H19F4N4OP. The highest BCUT2D eigenvalue weighted by molar-refractivity contribution is 7.64. The van der Waals surface area contributed by atoms with E-state index in [1.165, 1.54) is 18.3 Å². The van der Waals surface area contributed by atoms with E-state index in [0.717, 1.165) is 5.30 Å². The Labute approximate surface area is 154 Å². The smallest absolute Gasteiger partial charge is 0.395 e. The minimum absolute atomic E-state index is 0.131. The summed E-state index contributed by atoms with van der Waals surface area (Å²) in [6.07, 6.45) is -3.13. The number of nitrogens with one attached hydrogen (secondary N) is 3. The van der Waals surface area contributed by atoms with Crippen LogP contribution in [0.5, 0.6) is 0 Å². The number of fused-ring (bicyclic) bond motifs is 1. The second-order valence-electron chi connectivity index (χ2n) is 6.24. The number of guanidine groups is 1. The minimum Gasteiger partial charge on any atom is -0.395 e. The first-order valence-corrected chi connectivity index (χ1v) is 10.4. The Morgan fingerprint density at radius 2 is 2.04 bits per heavy atom. The number of H-pyrrole nitrogens is 1. The van der Waals surface area contributed by atoms with Gasteiger partial charge >= 0.3 is 6.18 Å². The van der Waals surface area contributed by atoms with Crippen molar-refractivity contribution in [2.24, 2.45) is 4.99 Å². The Balaban J connectivity index is 2.15. The number of aliphatic hydroxyl groups excluding tert-OH is 1. The van der Waals surface area contributed by atoms with Crippen LogP contribution >= 0.6 is 7.92 Å². The molecule has 5 nitrogen and oxygen atoms in total. The van der Waals surface area contributed by atoms with Gasteiger partial charge in [0.15, 0.2) is 5.96 Å². The number of aliphatic hydroxyl groups is 1. The molecule has 0 radical (unpaired) electrons. The third-order valence-electron chi connectivity index (χ3n) is 4.17. The molecule has 0 amide bonds. The standard InChI is InChI=1S/C17H19F4N4OP/c1-27(2)13-6-9(18)5-10-11(7-23-15(10)13)14-12(17(19,20)21)8-24-16(25-14)22-3-4-26/h5-7,23,26H,3-4,8H2,1-2H3,(H2,22,24,25). The highest BCUT2D eigenvalue weighted by Gasteiger charge is 2.39. The van der Waals surface area contributed by atoms with Gasteiger partial charge in [0, 0.05) is 29.0 Å². The highest BCUT2D eigenvalue weighted by atomic mass is 31.1. The van der Waals surface area contributed by atoms with Gasteiger partial charge in [-0.05, 0) is 25.5 Å². The number of aliphatic imine (C=N–C) groups is 1. The lowest BCUT2D eigenvalue weighted by Gasteiger charge is -2.24. The Kier molecular flexibility index (Phi) is 5.44. The molecule has 0 aliphatic carbocycles. The van der Waals surface area contributed by atoms with Crippen LogP contribution in [-0.4, -0.2) is 55.3 Å². The van der Waals surface area contributed by atoms with Gasteiger partial charge in [0.05, 0.1) is 29.9 Å². The van der Waals surface area contributed by atoms with Gasteiger partial charge in [0.2, 0.25) is 0 Å². The quantitative estimate of drug-likeness (QED) is 0.469. The molecule has 10 heteroatoms. The van der Waals surface area contributed by atoms with Crippen molar-refractivity contribution in [2.75, 3.05) is 33.0 Å².